The van der Waals surface area contributed by atoms with Crippen LogP contribution in [0.15, 0.2) is 36.5 Å². The van der Waals surface area contributed by atoms with Gasteiger partial charge in [0.25, 0.3) is 5.91 Å². The lowest BCUT2D eigenvalue weighted by atomic mass is 9.89. The van der Waals surface area contributed by atoms with Crippen molar-refractivity contribution in [3.05, 3.63) is 42.1 Å². The molecule has 2 aromatic rings. The van der Waals surface area contributed by atoms with Crippen LogP contribution in [-0.2, 0) is 4.79 Å². The summed E-state index contributed by atoms with van der Waals surface area (Å²) in [6.07, 6.45) is 3.93. The maximum Gasteiger partial charge on any atom is 0.255 e. The van der Waals surface area contributed by atoms with Gasteiger partial charge in [-0.1, -0.05) is 13.8 Å². The number of hydrogen-bond donors (Lipinski definition) is 0. The minimum absolute atomic E-state index is 0.0454. The average Bonchev–Trinajstić information content (AvgIpc) is 3.21. The number of benzene rings is 1. The van der Waals surface area contributed by atoms with Gasteiger partial charge in [0, 0.05) is 37.2 Å². The van der Waals surface area contributed by atoms with Crippen molar-refractivity contribution in [2.75, 3.05) is 19.9 Å². The summed E-state index contributed by atoms with van der Waals surface area (Å²) in [4.78, 5) is 31.6. The number of carbonyl (C=O) groups is 2. The quantitative estimate of drug-likeness (QED) is 0.768. The lowest BCUT2D eigenvalue weighted by Crippen LogP contribution is -2.42. The molecule has 0 spiro atoms. The maximum absolute atomic E-state index is 12.9. The van der Waals surface area contributed by atoms with Crippen molar-refractivity contribution in [1.82, 2.24) is 9.88 Å². The highest BCUT2D eigenvalue weighted by Crippen LogP contribution is 2.35. The molecule has 29 heavy (non-hydrogen) atoms. The van der Waals surface area contributed by atoms with E-state index in [2.05, 4.69) is 18.8 Å². The fourth-order valence-corrected chi connectivity index (χ4v) is 3.92. The van der Waals surface area contributed by atoms with Crippen molar-refractivity contribution in [2.45, 2.75) is 33.1 Å². The highest BCUT2D eigenvalue weighted by atomic mass is 16.7. The van der Waals surface area contributed by atoms with Gasteiger partial charge in [-0.2, -0.15) is 0 Å². The second kappa shape index (κ2) is 8.23. The van der Waals surface area contributed by atoms with Crippen LogP contribution in [-0.4, -0.2) is 41.5 Å². The molecule has 0 bridgehead atoms. The van der Waals surface area contributed by atoms with Gasteiger partial charge in [-0.05, 0) is 49.1 Å². The number of carbonyl (C=O) groups excluding carboxylic acids is 2. The lowest BCUT2D eigenvalue weighted by Gasteiger charge is -2.32. The van der Waals surface area contributed by atoms with Crippen LogP contribution in [0.5, 0.6) is 11.5 Å². The van der Waals surface area contributed by atoms with Crippen LogP contribution in [0, 0.1) is 11.8 Å². The second-order valence-corrected chi connectivity index (χ2v) is 8.15. The molecule has 152 valence electrons. The van der Waals surface area contributed by atoms with Crippen molar-refractivity contribution in [3.63, 3.8) is 0 Å². The summed E-state index contributed by atoms with van der Waals surface area (Å²) < 4.78 is 10.8. The number of ether oxygens (including phenoxy) is 2. The molecular weight excluding hydrogens is 368 g/mol. The molecule has 1 atom stereocenters. The molecule has 6 nitrogen and oxygen atoms in total. The molecule has 0 aliphatic carbocycles. The Balaban J connectivity index is 1.44. The van der Waals surface area contributed by atoms with Crippen molar-refractivity contribution < 1.29 is 19.1 Å². The number of aromatic nitrogens is 1. The number of fused-ring (bicyclic) bond motifs is 1. The zero-order valence-corrected chi connectivity index (χ0v) is 16.9. The zero-order valence-electron chi connectivity index (χ0n) is 16.9. The topological polar surface area (TPSA) is 68.7 Å². The minimum atomic E-state index is -0.0585. The van der Waals surface area contributed by atoms with Crippen molar-refractivity contribution >= 4 is 11.7 Å². The molecule has 4 rings (SSSR count). The van der Waals surface area contributed by atoms with Gasteiger partial charge in [0.1, 0.15) is 5.78 Å². The van der Waals surface area contributed by atoms with E-state index in [9.17, 15) is 9.59 Å². The highest BCUT2D eigenvalue weighted by Gasteiger charge is 2.29. The van der Waals surface area contributed by atoms with Gasteiger partial charge < -0.3 is 14.4 Å². The average molecular weight is 394 g/mol. The van der Waals surface area contributed by atoms with E-state index < -0.39 is 0 Å². The predicted octanol–water partition coefficient (Wildman–Crippen LogP) is 3.94. The first-order valence-electron chi connectivity index (χ1n) is 10.2. The number of hydrogen-bond acceptors (Lipinski definition) is 5. The van der Waals surface area contributed by atoms with Crippen molar-refractivity contribution in [3.8, 4) is 22.8 Å². The molecule has 0 radical (unpaired) electrons. The van der Waals surface area contributed by atoms with E-state index in [1.165, 1.54) is 0 Å². The molecule has 2 aliphatic rings. The van der Waals surface area contributed by atoms with Gasteiger partial charge in [0.05, 0.1) is 11.3 Å². The van der Waals surface area contributed by atoms with E-state index in [-0.39, 0.29) is 24.4 Å². The van der Waals surface area contributed by atoms with Crippen LogP contribution in [0.4, 0.5) is 0 Å². The number of pyridine rings is 1. The molecule has 1 aromatic heterocycles. The van der Waals surface area contributed by atoms with E-state index in [1.54, 1.807) is 17.2 Å². The lowest BCUT2D eigenvalue weighted by molar-refractivity contribution is -0.124. The van der Waals surface area contributed by atoms with E-state index in [1.807, 2.05) is 24.3 Å². The van der Waals surface area contributed by atoms with Gasteiger partial charge in [-0.3, -0.25) is 14.6 Å². The Hall–Kier alpha value is -2.89. The molecular formula is C23H26N2O4. The maximum atomic E-state index is 12.9. The van der Waals surface area contributed by atoms with Crippen LogP contribution in [0.25, 0.3) is 11.3 Å². The second-order valence-electron chi connectivity index (χ2n) is 8.15. The number of ketones is 1. The van der Waals surface area contributed by atoms with Gasteiger partial charge in [-0.25, -0.2) is 0 Å². The van der Waals surface area contributed by atoms with Gasteiger partial charge >= 0.3 is 0 Å². The molecule has 6 heteroatoms. The Morgan fingerprint density at radius 3 is 2.76 bits per heavy atom. The molecule has 1 amide bonds. The molecule has 0 N–H and O–H groups in total. The monoisotopic (exact) mass is 394 g/mol. The normalized spacial score (nSPS) is 18.2. The molecule has 0 saturated carbocycles. The summed E-state index contributed by atoms with van der Waals surface area (Å²) in [5, 5.41) is 0. The standard InChI is InChI=1S/C23H26N2O4/c1-15(2)10-20(26)18-4-3-9-25(13-18)23(27)17-5-7-19(24-12-17)16-6-8-21-22(11-16)29-14-28-21/h5-8,11-12,15,18H,3-4,9-10,13-14H2,1-2H3/t18-/m1/s1. The Morgan fingerprint density at radius 2 is 2.00 bits per heavy atom. The molecule has 1 fully saturated rings. The molecule has 2 aliphatic heterocycles. The summed E-state index contributed by atoms with van der Waals surface area (Å²) >= 11 is 0. The Labute approximate surface area is 170 Å². The minimum Gasteiger partial charge on any atom is -0.454 e. The number of amides is 1. The Bertz CT molecular complexity index is 908. The number of likely N-dealkylation sites (tertiary alicyclic amines) is 1. The molecule has 0 unspecified atom stereocenters. The first-order valence-corrected chi connectivity index (χ1v) is 10.2. The summed E-state index contributed by atoms with van der Waals surface area (Å²) in [5.41, 5.74) is 2.22. The summed E-state index contributed by atoms with van der Waals surface area (Å²) in [6, 6.07) is 9.32. The van der Waals surface area contributed by atoms with Crippen LogP contribution < -0.4 is 9.47 Å². The van der Waals surface area contributed by atoms with E-state index in [0.717, 1.165) is 29.8 Å². The van der Waals surface area contributed by atoms with Gasteiger partial charge in [0.15, 0.2) is 11.5 Å². The van der Waals surface area contributed by atoms with Crippen molar-refractivity contribution in [2.24, 2.45) is 11.8 Å². The van der Waals surface area contributed by atoms with Gasteiger partial charge in [0.2, 0.25) is 6.79 Å². The van der Waals surface area contributed by atoms with E-state index in [0.29, 0.717) is 36.7 Å². The third kappa shape index (κ3) is 4.26. The summed E-state index contributed by atoms with van der Waals surface area (Å²) in [7, 11) is 0. The Kier molecular flexibility index (Phi) is 5.51. The number of piperidine rings is 1. The molecule has 1 saturated heterocycles. The van der Waals surface area contributed by atoms with Crippen LogP contribution in [0.3, 0.4) is 0 Å². The smallest absolute Gasteiger partial charge is 0.255 e. The third-order valence-electron chi connectivity index (χ3n) is 5.45. The third-order valence-corrected chi connectivity index (χ3v) is 5.45. The number of nitrogens with zero attached hydrogens (tertiary/aromatic N) is 2. The van der Waals surface area contributed by atoms with Gasteiger partial charge in [-0.15, -0.1) is 0 Å². The summed E-state index contributed by atoms with van der Waals surface area (Å²) in [5.74, 6) is 1.95. The van der Waals surface area contributed by atoms with Crippen molar-refractivity contribution in [1.29, 1.82) is 0 Å². The molecule has 1 aromatic carbocycles. The highest BCUT2D eigenvalue weighted by molar-refractivity contribution is 5.94. The predicted molar refractivity (Wildman–Crippen MR) is 109 cm³/mol. The van der Waals surface area contributed by atoms with E-state index in [4.69, 9.17) is 9.47 Å². The van der Waals surface area contributed by atoms with Crippen LogP contribution in [0.2, 0.25) is 0 Å². The van der Waals surface area contributed by atoms with E-state index >= 15 is 0 Å². The first-order chi connectivity index (χ1) is 14.0. The number of Topliss-reactive ketones (excluding diaryl/α,β-unsaturated/α-hetero) is 1. The molecule has 3 heterocycles. The fraction of sp³-hybridized carbons (Fsp3) is 0.435. The largest absolute Gasteiger partial charge is 0.454 e. The summed E-state index contributed by atoms with van der Waals surface area (Å²) in [6.45, 7) is 5.53. The SMILES string of the molecule is CC(C)CC(=O)[C@@H]1CCCN(C(=O)c2ccc(-c3ccc4c(c3)OCO4)nc2)C1. The van der Waals surface area contributed by atoms with Crippen LogP contribution >= 0.6 is 0 Å². The van der Waals surface area contributed by atoms with Crippen LogP contribution in [0.1, 0.15) is 43.5 Å². The first kappa shape index (κ1) is 19.4. The Morgan fingerprint density at radius 1 is 1.17 bits per heavy atom. The number of rotatable bonds is 5. The zero-order chi connectivity index (χ0) is 20.4. The fourth-order valence-electron chi connectivity index (χ4n) is 3.92.